The van der Waals surface area contributed by atoms with E-state index in [1.165, 1.54) is 30.5 Å². The Hall–Kier alpha value is -1.44. The zero-order valence-electron chi connectivity index (χ0n) is 10.3. The maximum atomic E-state index is 12.0. The molecule has 8 heteroatoms. The van der Waals surface area contributed by atoms with E-state index in [0.29, 0.717) is 18.1 Å². The summed E-state index contributed by atoms with van der Waals surface area (Å²) in [6.45, 7) is 3.28. The van der Waals surface area contributed by atoms with E-state index >= 15 is 0 Å². The standard InChI is InChI=1S/C10H17N3O4S/c1-10(2,8(11)16)12-9(17)13-3-4-18-5-6(13)7(14)15/h6H,3-5H2,1-2H3,(H2,11,16)(H,12,17)(H,14,15). The Morgan fingerprint density at radius 3 is 2.56 bits per heavy atom. The molecular weight excluding hydrogens is 258 g/mol. The van der Waals surface area contributed by atoms with Crippen LogP contribution >= 0.6 is 11.8 Å². The maximum absolute atomic E-state index is 12.0. The van der Waals surface area contributed by atoms with E-state index in [9.17, 15) is 14.4 Å². The van der Waals surface area contributed by atoms with Crippen molar-refractivity contribution in [3.8, 4) is 0 Å². The molecule has 0 saturated carbocycles. The van der Waals surface area contributed by atoms with Gasteiger partial charge in [0.05, 0.1) is 0 Å². The van der Waals surface area contributed by atoms with Crippen LogP contribution in [-0.4, -0.2) is 57.5 Å². The molecule has 1 saturated heterocycles. The molecule has 0 aliphatic carbocycles. The summed E-state index contributed by atoms with van der Waals surface area (Å²) in [5, 5.41) is 11.5. The fourth-order valence-corrected chi connectivity index (χ4v) is 2.49. The van der Waals surface area contributed by atoms with Crippen molar-refractivity contribution < 1.29 is 19.5 Å². The maximum Gasteiger partial charge on any atom is 0.327 e. The molecule has 0 radical (unpaired) electrons. The predicted octanol–water partition coefficient (Wildman–Crippen LogP) is -0.538. The van der Waals surface area contributed by atoms with Gasteiger partial charge in [-0.3, -0.25) is 4.79 Å². The highest BCUT2D eigenvalue weighted by atomic mass is 32.2. The highest BCUT2D eigenvalue weighted by Gasteiger charge is 2.36. The van der Waals surface area contributed by atoms with Gasteiger partial charge >= 0.3 is 12.0 Å². The lowest BCUT2D eigenvalue weighted by atomic mass is 10.1. The van der Waals surface area contributed by atoms with Gasteiger partial charge in [0.25, 0.3) is 0 Å². The van der Waals surface area contributed by atoms with Crippen LogP contribution in [0.5, 0.6) is 0 Å². The summed E-state index contributed by atoms with van der Waals surface area (Å²) in [7, 11) is 0. The molecule has 1 unspecified atom stereocenters. The molecule has 7 nitrogen and oxygen atoms in total. The minimum absolute atomic E-state index is 0.336. The molecule has 0 aromatic heterocycles. The normalized spacial score (nSPS) is 20.3. The van der Waals surface area contributed by atoms with Gasteiger partial charge in [-0.25, -0.2) is 9.59 Å². The van der Waals surface area contributed by atoms with E-state index < -0.39 is 29.5 Å². The number of thioether (sulfide) groups is 1. The number of nitrogens with one attached hydrogen (secondary N) is 1. The number of hydrogen-bond donors (Lipinski definition) is 3. The molecule has 0 aromatic carbocycles. The van der Waals surface area contributed by atoms with Crippen LogP contribution < -0.4 is 11.1 Å². The van der Waals surface area contributed by atoms with Gasteiger partial charge in [-0.05, 0) is 13.8 Å². The van der Waals surface area contributed by atoms with Crippen LogP contribution in [-0.2, 0) is 9.59 Å². The number of carboxylic acids is 1. The fourth-order valence-electron chi connectivity index (χ4n) is 1.45. The molecular formula is C10H17N3O4S. The van der Waals surface area contributed by atoms with Crippen LogP contribution in [0.1, 0.15) is 13.8 Å². The van der Waals surface area contributed by atoms with Gasteiger partial charge in [0.1, 0.15) is 11.6 Å². The van der Waals surface area contributed by atoms with Crippen molar-refractivity contribution in [2.75, 3.05) is 18.1 Å². The van der Waals surface area contributed by atoms with Crippen molar-refractivity contribution in [2.45, 2.75) is 25.4 Å². The number of primary amides is 1. The molecule has 1 atom stereocenters. The Kier molecular flexibility index (Phi) is 4.44. The summed E-state index contributed by atoms with van der Waals surface area (Å²) in [4.78, 5) is 35.4. The number of carbonyl (C=O) groups excluding carboxylic acids is 2. The summed E-state index contributed by atoms with van der Waals surface area (Å²) in [5.74, 6) is -0.697. The minimum atomic E-state index is -1.20. The quantitative estimate of drug-likeness (QED) is 0.640. The third kappa shape index (κ3) is 3.28. The number of carboxylic acid groups (broad SMARTS) is 1. The van der Waals surface area contributed by atoms with E-state index in [2.05, 4.69) is 5.32 Å². The second-order valence-electron chi connectivity index (χ2n) is 4.54. The van der Waals surface area contributed by atoms with Crippen LogP contribution in [0.3, 0.4) is 0 Å². The largest absolute Gasteiger partial charge is 0.480 e. The zero-order chi connectivity index (χ0) is 13.9. The summed E-state index contributed by atoms with van der Waals surface area (Å²) in [6.07, 6.45) is 0. The van der Waals surface area contributed by atoms with Gasteiger partial charge in [0.2, 0.25) is 5.91 Å². The van der Waals surface area contributed by atoms with E-state index in [1.807, 2.05) is 0 Å². The van der Waals surface area contributed by atoms with Gasteiger partial charge in [0, 0.05) is 18.1 Å². The Morgan fingerprint density at radius 2 is 2.06 bits per heavy atom. The first kappa shape index (κ1) is 14.6. The van der Waals surface area contributed by atoms with Crippen molar-refractivity contribution in [3.05, 3.63) is 0 Å². The molecule has 102 valence electrons. The molecule has 18 heavy (non-hydrogen) atoms. The number of hydrogen-bond acceptors (Lipinski definition) is 4. The Bertz CT molecular complexity index is 372. The fraction of sp³-hybridized carbons (Fsp3) is 0.700. The van der Waals surface area contributed by atoms with E-state index in [0.717, 1.165) is 0 Å². The molecule has 1 fully saturated rings. The predicted molar refractivity (Wildman–Crippen MR) is 67.3 cm³/mol. The third-order valence-corrected chi connectivity index (χ3v) is 3.73. The summed E-state index contributed by atoms with van der Waals surface area (Å²) in [6, 6.07) is -1.45. The Labute approximate surface area is 109 Å². The highest BCUT2D eigenvalue weighted by Crippen LogP contribution is 2.17. The summed E-state index contributed by atoms with van der Waals surface area (Å²) in [5.41, 5.74) is 3.95. The smallest absolute Gasteiger partial charge is 0.327 e. The zero-order valence-corrected chi connectivity index (χ0v) is 11.1. The summed E-state index contributed by atoms with van der Waals surface area (Å²) < 4.78 is 0. The second kappa shape index (κ2) is 5.47. The Morgan fingerprint density at radius 1 is 1.44 bits per heavy atom. The van der Waals surface area contributed by atoms with E-state index in [-0.39, 0.29) is 0 Å². The molecule has 3 amide bonds. The lowest BCUT2D eigenvalue weighted by Crippen LogP contribution is -2.60. The molecule has 1 aliphatic heterocycles. The topological polar surface area (TPSA) is 113 Å². The molecule has 0 bridgehead atoms. The van der Waals surface area contributed by atoms with Gasteiger partial charge in [-0.2, -0.15) is 11.8 Å². The van der Waals surface area contributed by atoms with Crippen LogP contribution in [0.2, 0.25) is 0 Å². The van der Waals surface area contributed by atoms with Crippen molar-refractivity contribution in [3.63, 3.8) is 0 Å². The monoisotopic (exact) mass is 275 g/mol. The molecule has 4 N–H and O–H groups in total. The van der Waals surface area contributed by atoms with Crippen molar-refractivity contribution in [1.82, 2.24) is 10.2 Å². The molecule has 1 heterocycles. The number of carbonyl (C=O) groups is 3. The highest BCUT2D eigenvalue weighted by molar-refractivity contribution is 7.99. The van der Waals surface area contributed by atoms with Crippen LogP contribution in [0.15, 0.2) is 0 Å². The minimum Gasteiger partial charge on any atom is -0.480 e. The number of rotatable bonds is 3. The third-order valence-electron chi connectivity index (χ3n) is 2.71. The molecule has 1 rings (SSSR count). The first-order valence-corrected chi connectivity index (χ1v) is 6.60. The van der Waals surface area contributed by atoms with Crippen molar-refractivity contribution in [2.24, 2.45) is 5.73 Å². The van der Waals surface area contributed by atoms with Gasteiger partial charge in [-0.15, -0.1) is 0 Å². The van der Waals surface area contributed by atoms with Gasteiger partial charge in [0.15, 0.2) is 0 Å². The molecule has 0 spiro atoms. The number of urea groups is 1. The number of nitrogens with two attached hydrogens (primary N) is 1. The van der Waals surface area contributed by atoms with Crippen LogP contribution in [0.4, 0.5) is 4.79 Å². The van der Waals surface area contributed by atoms with Gasteiger partial charge in [-0.1, -0.05) is 0 Å². The average Bonchev–Trinajstić information content (AvgIpc) is 2.28. The Balaban J connectivity index is 2.75. The lowest BCUT2D eigenvalue weighted by molar-refractivity contribution is -0.141. The lowest BCUT2D eigenvalue weighted by Gasteiger charge is -2.35. The van der Waals surface area contributed by atoms with Crippen molar-refractivity contribution in [1.29, 1.82) is 0 Å². The van der Waals surface area contributed by atoms with E-state index in [1.54, 1.807) is 0 Å². The number of nitrogens with zero attached hydrogens (tertiary/aromatic N) is 1. The first-order valence-electron chi connectivity index (χ1n) is 5.45. The van der Waals surface area contributed by atoms with Crippen molar-refractivity contribution >= 4 is 29.7 Å². The number of amides is 3. The first-order chi connectivity index (χ1) is 8.25. The second-order valence-corrected chi connectivity index (χ2v) is 5.69. The van der Waals surface area contributed by atoms with Crippen LogP contribution in [0.25, 0.3) is 0 Å². The number of aliphatic carboxylic acids is 1. The van der Waals surface area contributed by atoms with Gasteiger partial charge < -0.3 is 21.1 Å². The SMILES string of the molecule is CC(C)(NC(=O)N1CCSCC1C(=O)O)C(N)=O. The molecule has 0 aromatic rings. The van der Waals surface area contributed by atoms with Crippen LogP contribution in [0, 0.1) is 0 Å². The van der Waals surface area contributed by atoms with E-state index in [4.69, 9.17) is 10.8 Å². The average molecular weight is 275 g/mol. The summed E-state index contributed by atoms with van der Waals surface area (Å²) >= 11 is 1.48. The molecule has 1 aliphatic rings.